The lowest BCUT2D eigenvalue weighted by Crippen LogP contribution is -2.56. The van der Waals surface area contributed by atoms with Crippen LogP contribution in [0.5, 0.6) is 0 Å². The van der Waals surface area contributed by atoms with Crippen LogP contribution in [0.2, 0.25) is 0 Å². The van der Waals surface area contributed by atoms with Gasteiger partial charge in [0.25, 0.3) is 0 Å². The minimum Gasteiger partial charge on any atom is -0.396 e. The molecule has 0 bridgehead atoms. The van der Waals surface area contributed by atoms with Crippen molar-refractivity contribution in [1.82, 2.24) is 0 Å². The molecule has 114 valence electrons. The lowest BCUT2D eigenvalue weighted by Gasteiger charge is -2.28. The molecule has 0 aliphatic heterocycles. The summed E-state index contributed by atoms with van der Waals surface area (Å²) in [5.74, 6) is 0.586. The van der Waals surface area contributed by atoms with Crippen LogP contribution in [0.25, 0.3) is 0 Å². The smallest absolute Gasteiger partial charge is 0.355 e. The van der Waals surface area contributed by atoms with Gasteiger partial charge in [-0.15, -0.1) is 11.1 Å². The van der Waals surface area contributed by atoms with Crippen molar-refractivity contribution in [3.8, 4) is 0 Å². The summed E-state index contributed by atoms with van der Waals surface area (Å²) < 4.78 is 6.41. The lowest BCUT2D eigenvalue weighted by molar-refractivity contribution is 0.243. The van der Waals surface area contributed by atoms with Crippen molar-refractivity contribution in [2.75, 3.05) is 6.61 Å². The average Bonchev–Trinajstić information content (AvgIpc) is 2.62. The van der Waals surface area contributed by atoms with Gasteiger partial charge >= 0.3 is 7.63 Å². The van der Waals surface area contributed by atoms with Crippen molar-refractivity contribution >= 4 is 29.1 Å². The topological polar surface area (TPSA) is 9.23 Å². The molecule has 0 fully saturated rings. The first kappa shape index (κ1) is 15.5. The van der Waals surface area contributed by atoms with Gasteiger partial charge in [0.2, 0.25) is 0 Å². The summed E-state index contributed by atoms with van der Waals surface area (Å²) in [4.78, 5) is 0. The van der Waals surface area contributed by atoms with Gasteiger partial charge in [-0.25, -0.2) is 0 Å². The molecule has 2 aromatic carbocycles. The van der Waals surface area contributed by atoms with Gasteiger partial charge in [-0.3, -0.25) is 0 Å². The first-order valence-corrected chi connectivity index (χ1v) is 10.8. The molecule has 0 saturated carbocycles. The van der Waals surface area contributed by atoms with Gasteiger partial charge < -0.3 is 4.43 Å². The van der Waals surface area contributed by atoms with Crippen LogP contribution in [0.3, 0.4) is 0 Å². The van der Waals surface area contributed by atoms with E-state index in [1.165, 1.54) is 6.42 Å². The second-order valence-corrected chi connectivity index (χ2v) is 10.0. The molecule has 0 N–H and O–H groups in total. The highest BCUT2D eigenvalue weighted by molar-refractivity contribution is 7.30. The molecular weight excluding hydrogens is 308 g/mol. The standard InChI is InChI=1S/C19H21ClOSi/c20-22(18-12-6-2-7-13-18,19-14-8-3-9-15-19)21-16-17-10-4-1-5-11-17/h1-4,6-9,12-15,17H,5,10-11,16H2. The summed E-state index contributed by atoms with van der Waals surface area (Å²) in [5, 5.41) is 2.24. The second-order valence-electron chi connectivity index (χ2n) is 5.79. The lowest BCUT2D eigenvalue weighted by atomic mass is 9.96. The van der Waals surface area contributed by atoms with Gasteiger partial charge in [0.05, 0.1) is 0 Å². The largest absolute Gasteiger partial charge is 0.396 e. The van der Waals surface area contributed by atoms with Gasteiger partial charge in [0.15, 0.2) is 0 Å². The summed E-state index contributed by atoms with van der Waals surface area (Å²) in [5.41, 5.74) is 0. The summed E-state index contributed by atoms with van der Waals surface area (Å²) in [6.07, 6.45) is 7.98. The fourth-order valence-corrected chi connectivity index (χ4v) is 6.20. The van der Waals surface area contributed by atoms with Crippen LogP contribution < -0.4 is 10.4 Å². The summed E-state index contributed by atoms with van der Waals surface area (Å²) in [6.45, 7) is 0.740. The third kappa shape index (κ3) is 3.51. The van der Waals surface area contributed by atoms with Crippen LogP contribution in [-0.4, -0.2) is 14.2 Å². The first-order valence-electron chi connectivity index (χ1n) is 7.88. The molecule has 3 heteroatoms. The molecule has 0 amide bonds. The third-order valence-electron chi connectivity index (χ3n) is 4.19. The second kappa shape index (κ2) is 7.27. The van der Waals surface area contributed by atoms with Gasteiger partial charge in [-0.2, -0.15) is 0 Å². The molecule has 1 nitrogen and oxygen atoms in total. The van der Waals surface area contributed by atoms with E-state index >= 15 is 0 Å². The highest BCUT2D eigenvalue weighted by Crippen LogP contribution is 2.21. The monoisotopic (exact) mass is 328 g/mol. The molecule has 0 spiro atoms. The van der Waals surface area contributed by atoms with E-state index < -0.39 is 7.63 Å². The van der Waals surface area contributed by atoms with Gasteiger partial charge in [-0.1, -0.05) is 72.8 Å². The van der Waals surface area contributed by atoms with Crippen LogP contribution in [-0.2, 0) is 4.43 Å². The van der Waals surface area contributed by atoms with Crippen molar-refractivity contribution in [2.24, 2.45) is 5.92 Å². The van der Waals surface area contributed by atoms with Crippen molar-refractivity contribution in [1.29, 1.82) is 0 Å². The molecule has 0 aromatic heterocycles. The molecule has 0 saturated heterocycles. The zero-order valence-electron chi connectivity index (χ0n) is 12.6. The Labute approximate surface area is 138 Å². The molecule has 1 atom stereocenters. The van der Waals surface area contributed by atoms with Crippen molar-refractivity contribution < 1.29 is 4.43 Å². The highest BCUT2D eigenvalue weighted by atomic mass is 35.6. The Morgan fingerprint density at radius 3 is 2.00 bits per heavy atom. The number of allylic oxidation sites excluding steroid dienone is 2. The van der Waals surface area contributed by atoms with Crippen LogP contribution in [0.1, 0.15) is 19.3 Å². The number of hydrogen-bond donors (Lipinski definition) is 0. The SMILES string of the molecule is Cl[Si](OCC1CC=CCC1)(c1ccccc1)c1ccccc1. The Hall–Kier alpha value is -1.35. The molecule has 3 rings (SSSR count). The predicted octanol–water partition coefficient (Wildman–Crippen LogP) is 3.85. The summed E-state index contributed by atoms with van der Waals surface area (Å²) in [7, 11) is -2.64. The third-order valence-corrected chi connectivity index (χ3v) is 8.54. The Morgan fingerprint density at radius 2 is 1.50 bits per heavy atom. The van der Waals surface area contributed by atoms with E-state index in [9.17, 15) is 0 Å². The normalized spacial score (nSPS) is 18.3. The van der Waals surface area contributed by atoms with Crippen molar-refractivity contribution in [3.63, 3.8) is 0 Å². The maximum atomic E-state index is 7.11. The van der Waals surface area contributed by atoms with Gasteiger partial charge in [0.1, 0.15) is 0 Å². The predicted molar refractivity (Wildman–Crippen MR) is 96.2 cm³/mol. The Balaban J connectivity index is 1.85. The maximum Gasteiger partial charge on any atom is 0.355 e. The maximum absolute atomic E-state index is 7.11. The molecule has 0 heterocycles. The van der Waals surface area contributed by atoms with E-state index in [-0.39, 0.29) is 0 Å². The molecule has 1 unspecified atom stereocenters. The minimum atomic E-state index is -2.64. The van der Waals surface area contributed by atoms with Crippen LogP contribution in [0, 0.1) is 5.92 Å². The number of benzene rings is 2. The average molecular weight is 329 g/mol. The van der Waals surface area contributed by atoms with Crippen LogP contribution >= 0.6 is 11.1 Å². The molecule has 2 aromatic rings. The van der Waals surface area contributed by atoms with Crippen LogP contribution in [0.4, 0.5) is 0 Å². The van der Waals surface area contributed by atoms with Crippen molar-refractivity contribution in [2.45, 2.75) is 19.3 Å². The van der Waals surface area contributed by atoms with E-state index in [1.807, 2.05) is 36.4 Å². The van der Waals surface area contributed by atoms with Crippen LogP contribution in [0.15, 0.2) is 72.8 Å². The Kier molecular flexibility index (Phi) is 5.14. The fourth-order valence-electron chi connectivity index (χ4n) is 2.88. The molecule has 0 radical (unpaired) electrons. The fraction of sp³-hybridized carbons (Fsp3) is 0.263. The molecule has 1 aliphatic rings. The van der Waals surface area contributed by atoms with Gasteiger partial charge in [0, 0.05) is 6.61 Å². The zero-order chi connectivity index (χ0) is 15.3. The molecule has 1 aliphatic carbocycles. The van der Waals surface area contributed by atoms with Crippen molar-refractivity contribution in [3.05, 3.63) is 72.8 Å². The Bertz CT molecular complexity index is 572. The van der Waals surface area contributed by atoms with E-state index in [0.29, 0.717) is 5.92 Å². The van der Waals surface area contributed by atoms with Gasteiger partial charge in [-0.05, 0) is 35.6 Å². The number of rotatable bonds is 5. The quantitative estimate of drug-likeness (QED) is 0.460. The first-order chi connectivity index (χ1) is 10.8. The Morgan fingerprint density at radius 1 is 0.909 bits per heavy atom. The van der Waals surface area contributed by atoms with E-state index in [2.05, 4.69) is 36.4 Å². The highest BCUT2D eigenvalue weighted by Gasteiger charge is 2.38. The molecular formula is C19H21ClOSi. The summed E-state index contributed by atoms with van der Waals surface area (Å²) in [6, 6.07) is 20.5. The minimum absolute atomic E-state index is 0.586. The molecule has 22 heavy (non-hydrogen) atoms. The summed E-state index contributed by atoms with van der Waals surface area (Å²) >= 11 is 7.11. The number of hydrogen-bond acceptors (Lipinski definition) is 1. The van der Waals surface area contributed by atoms with E-state index in [4.69, 9.17) is 15.5 Å². The van der Waals surface area contributed by atoms with E-state index in [1.54, 1.807) is 0 Å². The zero-order valence-corrected chi connectivity index (χ0v) is 14.4. The number of halogens is 1. The van der Waals surface area contributed by atoms with E-state index in [0.717, 1.165) is 29.8 Å².